The lowest BCUT2D eigenvalue weighted by Gasteiger charge is -2.29. The standard InChI is InChI=1S/C9H16N2OS/c1-10-5-6-2-3-7-8(4-6)13-9(12)11-7/h6-8,10H,2-5H2,1H3,(H,11,12). The van der Waals surface area contributed by atoms with Crippen molar-refractivity contribution in [3.8, 4) is 0 Å². The summed E-state index contributed by atoms with van der Waals surface area (Å²) >= 11 is 1.50. The van der Waals surface area contributed by atoms with Gasteiger partial charge in [0.05, 0.1) is 0 Å². The minimum atomic E-state index is 0.181. The quantitative estimate of drug-likeness (QED) is 0.703. The van der Waals surface area contributed by atoms with Gasteiger partial charge in [0.15, 0.2) is 0 Å². The molecule has 3 atom stereocenters. The Morgan fingerprint density at radius 1 is 1.62 bits per heavy atom. The fourth-order valence-electron chi connectivity index (χ4n) is 2.30. The highest BCUT2D eigenvalue weighted by Gasteiger charge is 2.37. The minimum absolute atomic E-state index is 0.181. The van der Waals surface area contributed by atoms with Gasteiger partial charge in [-0.25, -0.2) is 0 Å². The van der Waals surface area contributed by atoms with E-state index in [0.717, 1.165) is 18.9 Å². The van der Waals surface area contributed by atoms with E-state index >= 15 is 0 Å². The molecule has 3 nitrogen and oxygen atoms in total. The maximum Gasteiger partial charge on any atom is 0.279 e. The molecule has 0 aromatic heterocycles. The van der Waals surface area contributed by atoms with Crippen LogP contribution in [0.3, 0.4) is 0 Å². The van der Waals surface area contributed by atoms with Crippen LogP contribution in [0.4, 0.5) is 4.79 Å². The van der Waals surface area contributed by atoms with Crippen LogP contribution in [0.5, 0.6) is 0 Å². The van der Waals surface area contributed by atoms with Crippen molar-refractivity contribution in [1.29, 1.82) is 0 Å². The van der Waals surface area contributed by atoms with Crippen molar-refractivity contribution in [2.45, 2.75) is 30.6 Å². The molecule has 0 aromatic carbocycles. The lowest BCUT2D eigenvalue weighted by molar-refractivity contribution is 0.254. The molecule has 1 amide bonds. The van der Waals surface area contributed by atoms with Gasteiger partial charge < -0.3 is 10.6 Å². The summed E-state index contributed by atoms with van der Waals surface area (Å²) in [5, 5.41) is 6.96. The molecular weight excluding hydrogens is 184 g/mol. The molecule has 2 aliphatic rings. The highest BCUT2D eigenvalue weighted by atomic mass is 32.2. The molecule has 1 aliphatic carbocycles. The monoisotopic (exact) mass is 200 g/mol. The number of carbonyl (C=O) groups is 1. The molecule has 13 heavy (non-hydrogen) atoms. The van der Waals surface area contributed by atoms with Crippen molar-refractivity contribution in [3.63, 3.8) is 0 Å². The first-order chi connectivity index (χ1) is 6.29. The number of amides is 1. The Morgan fingerprint density at radius 3 is 3.23 bits per heavy atom. The van der Waals surface area contributed by atoms with Gasteiger partial charge in [-0.15, -0.1) is 0 Å². The van der Waals surface area contributed by atoms with Crippen molar-refractivity contribution < 1.29 is 4.79 Å². The molecule has 74 valence electrons. The van der Waals surface area contributed by atoms with Crippen LogP contribution in [0.15, 0.2) is 0 Å². The Morgan fingerprint density at radius 2 is 2.46 bits per heavy atom. The lowest BCUT2D eigenvalue weighted by atomic mass is 9.86. The number of carbonyl (C=O) groups excluding carboxylic acids is 1. The SMILES string of the molecule is CNCC1CCC2NC(=O)SC2C1. The number of hydrogen-bond acceptors (Lipinski definition) is 3. The van der Waals surface area contributed by atoms with Crippen LogP contribution in [-0.4, -0.2) is 30.1 Å². The molecule has 1 aliphatic heterocycles. The third-order valence-electron chi connectivity index (χ3n) is 2.95. The van der Waals surface area contributed by atoms with E-state index in [9.17, 15) is 4.79 Å². The topological polar surface area (TPSA) is 41.1 Å². The molecule has 2 N–H and O–H groups in total. The predicted molar refractivity (Wildman–Crippen MR) is 55.0 cm³/mol. The largest absolute Gasteiger partial charge is 0.343 e. The lowest BCUT2D eigenvalue weighted by Crippen LogP contribution is -2.38. The molecule has 2 rings (SSSR count). The zero-order chi connectivity index (χ0) is 9.26. The molecule has 0 bridgehead atoms. The smallest absolute Gasteiger partial charge is 0.279 e. The summed E-state index contributed by atoms with van der Waals surface area (Å²) in [6.45, 7) is 1.10. The molecule has 2 fully saturated rings. The third kappa shape index (κ3) is 1.99. The first kappa shape index (κ1) is 9.34. The summed E-state index contributed by atoms with van der Waals surface area (Å²) < 4.78 is 0. The third-order valence-corrected chi connectivity index (χ3v) is 4.11. The van der Waals surface area contributed by atoms with Crippen LogP contribution >= 0.6 is 11.8 Å². The number of thioether (sulfide) groups is 1. The molecule has 3 unspecified atom stereocenters. The summed E-state index contributed by atoms with van der Waals surface area (Å²) in [6, 6.07) is 0.464. The Hall–Kier alpha value is -0.220. The minimum Gasteiger partial charge on any atom is -0.343 e. The van der Waals surface area contributed by atoms with Gasteiger partial charge in [-0.3, -0.25) is 4.79 Å². The fraction of sp³-hybridized carbons (Fsp3) is 0.889. The Labute approximate surface area is 83.0 Å². The Kier molecular flexibility index (Phi) is 2.79. The maximum absolute atomic E-state index is 11.1. The van der Waals surface area contributed by atoms with E-state index in [2.05, 4.69) is 10.6 Å². The number of nitrogens with one attached hydrogen (secondary N) is 2. The van der Waals surface area contributed by atoms with Crippen molar-refractivity contribution in [3.05, 3.63) is 0 Å². The van der Waals surface area contributed by atoms with E-state index in [1.54, 1.807) is 0 Å². The second-order valence-corrected chi connectivity index (χ2v) is 5.14. The molecule has 1 heterocycles. The molecular formula is C9H16N2OS. The first-order valence-corrected chi connectivity index (χ1v) is 5.79. The van der Waals surface area contributed by atoms with E-state index in [1.807, 2.05) is 7.05 Å². The van der Waals surface area contributed by atoms with E-state index in [1.165, 1.54) is 24.6 Å². The van der Waals surface area contributed by atoms with E-state index in [4.69, 9.17) is 0 Å². The number of fused-ring (bicyclic) bond motifs is 1. The van der Waals surface area contributed by atoms with Gasteiger partial charge in [0.25, 0.3) is 5.24 Å². The van der Waals surface area contributed by atoms with E-state index in [0.29, 0.717) is 11.3 Å². The van der Waals surface area contributed by atoms with E-state index < -0.39 is 0 Å². The van der Waals surface area contributed by atoms with E-state index in [-0.39, 0.29) is 5.24 Å². The molecule has 0 radical (unpaired) electrons. The summed E-state index contributed by atoms with van der Waals surface area (Å²) in [4.78, 5) is 11.1. The van der Waals surface area contributed by atoms with Gasteiger partial charge in [0, 0.05) is 11.3 Å². The van der Waals surface area contributed by atoms with Gasteiger partial charge in [-0.2, -0.15) is 0 Å². The number of hydrogen-bond donors (Lipinski definition) is 2. The zero-order valence-electron chi connectivity index (χ0n) is 7.88. The van der Waals surface area contributed by atoms with Gasteiger partial charge in [-0.05, 0) is 38.8 Å². The van der Waals surface area contributed by atoms with Gasteiger partial charge in [0.1, 0.15) is 0 Å². The second kappa shape index (κ2) is 3.88. The highest BCUT2D eigenvalue weighted by Crippen LogP contribution is 2.36. The Bertz CT molecular complexity index is 210. The Balaban J connectivity index is 1.89. The molecule has 4 heteroatoms. The maximum atomic E-state index is 11.1. The van der Waals surface area contributed by atoms with Crippen LogP contribution in [0.25, 0.3) is 0 Å². The average Bonchev–Trinajstić information content (AvgIpc) is 2.44. The first-order valence-electron chi connectivity index (χ1n) is 4.91. The van der Waals surface area contributed by atoms with Gasteiger partial charge in [0.2, 0.25) is 0 Å². The van der Waals surface area contributed by atoms with Gasteiger partial charge in [-0.1, -0.05) is 11.8 Å². The normalized spacial score (nSPS) is 38.5. The van der Waals surface area contributed by atoms with Crippen molar-refractivity contribution in [2.24, 2.45) is 5.92 Å². The van der Waals surface area contributed by atoms with Crippen LogP contribution in [0.1, 0.15) is 19.3 Å². The van der Waals surface area contributed by atoms with Crippen LogP contribution in [0.2, 0.25) is 0 Å². The van der Waals surface area contributed by atoms with Gasteiger partial charge >= 0.3 is 0 Å². The summed E-state index contributed by atoms with van der Waals surface area (Å²) in [5.74, 6) is 0.770. The molecule has 1 saturated heterocycles. The summed E-state index contributed by atoms with van der Waals surface area (Å²) in [6.07, 6.45) is 3.60. The average molecular weight is 200 g/mol. The zero-order valence-corrected chi connectivity index (χ0v) is 8.69. The van der Waals surface area contributed by atoms with Crippen LogP contribution < -0.4 is 10.6 Å². The van der Waals surface area contributed by atoms with Crippen molar-refractivity contribution in [2.75, 3.05) is 13.6 Å². The molecule has 1 saturated carbocycles. The van der Waals surface area contributed by atoms with Crippen LogP contribution in [0, 0.1) is 5.92 Å². The van der Waals surface area contributed by atoms with Crippen molar-refractivity contribution in [1.82, 2.24) is 10.6 Å². The van der Waals surface area contributed by atoms with Crippen LogP contribution in [-0.2, 0) is 0 Å². The highest BCUT2D eigenvalue weighted by molar-refractivity contribution is 8.14. The fourth-order valence-corrected chi connectivity index (χ4v) is 3.54. The molecule has 0 spiro atoms. The van der Waals surface area contributed by atoms with Crippen molar-refractivity contribution >= 4 is 17.0 Å². The second-order valence-electron chi connectivity index (χ2n) is 3.93. The molecule has 0 aromatic rings. The predicted octanol–water partition coefficient (Wildman–Crippen LogP) is 1.20. The summed E-state index contributed by atoms with van der Waals surface area (Å²) in [7, 11) is 2.00. The number of rotatable bonds is 2. The summed E-state index contributed by atoms with van der Waals surface area (Å²) in [5.41, 5.74) is 0.